The topological polar surface area (TPSA) is 182 Å². The molecule has 0 aromatic rings. The van der Waals surface area contributed by atoms with Gasteiger partial charge in [-0.1, -0.05) is 46.1 Å². The number of carboxylic acids is 2. The molecule has 0 amide bonds. The maximum absolute atomic E-state index is 11.3. The van der Waals surface area contributed by atoms with E-state index in [4.69, 9.17) is 5.11 Å². The largest absolute Gasteiger partial charge is 0.479 e. The van der Waals surface area contributed by atoms with Crippen LogP contribution in [0.2, 0.25) is 0 Å². The molecular formula is C18H32O10. The fourth-order valence-corrected chi connectivity index (χ4v) is 2.44. The second kappa shape index (κ2) is 14.1. The number of aliphatic hydroxyl groups is 4. The fraction of sp³-hybridized carbons (Fsp3) is 0.722. The molecule has 0 aliphatic heterocycles. The number of carboxylic acid groups (broad SMARTS) is 2. The molecule has 0 heterocycles. The van der Waals surface area contributed by atoms with Gasteiger partial charge in [0.15, 0.2) is 11.7 Å². The van der Waals surface area contributed by atoms with Crippen molar-refractivity contribution in [3.8, 4) is 0 Å². The number of aliphatic carboxylic acids is 2. The Hall–Kier alpha value is -2.01. The van der Waals surface area contributed by atoms with Crippen LogP contribution >= 0.6 is 0 Å². The molecule has 0 spiro atoms. The molecule has 164 valence electrons. The molecule has 28 heavy (non-hydrogen) atoms. The van der Waals surface area contributed by atoms with Crippen LogP contribution in [0.25, 0.3) is 0 Å². The molecule has 0 radical (unpaired) electrons. The van der Waals surface area contributed by atoms with Crippen molar-refractivity contribution in [2.24, 2.45) is 5.92 Å². The molecule has 0 aliphatic rings. The molecule has 5 atom stereocenters. The minimum Gasteiger partial charge on any atom is -0.479 e. The lowest BCUT2D eigenvalue weighted by Crippen LogP contribution is -2.59. The molecule has 0 bridgehead atoms. The minimum atomic E-state index is -2.73. The van der Waals surface area contributed by atoms with E-state index < -0.39 is 35.9 Å². The Morgan fingerprint density at radius 1 is 1.14 bits per heavy atom. The highest BCUT2D eigenvalue weighted by atomic mass is 16.5. The molecular weight excluding hydrogens is 376 g/mol. The number of rotatable bonds is 12. The first kappa shape index (κ1) is 28.2. The van der Waals surface area contributed by atoms with E-state index in [0.29, 0.717) is 12.8 Å². The summed E-state index contributed by atoms with van der Waals surface area (Å²) in [4.78, 5) is 31.7. The molecule has 0 saturated carbocycles. The van der Waals surface area contributed by atoms with Crippen molar-refractivity contribution in [1.82, 2.24) is 0 Å². The smallest absolute Gasteiger partial charge is 0.338 e. The van der Waals surface area contributed by atoms with Gasteiger partial charge in [-0.2, -0.15) is 0 Å². The van der Waals surface area contributed by atoms with Crippen LogP contribution in [0.1, 0.15) is 52.9 Å². The third-order valence-electron chi connectivity index (χ3n) is 4.15. The van der Waals surface area contributed by atoms with Crippen molar-refractivity contribution in [1.29, 1.82) is 0 Å². The number of unbranched alkanes of at least 4 members (excludes halogenated alkanes) is 1. The molecule has 0 saturated heterocycles. The Morgan fingerprint density at radius 2 is 1.68 bits per heavy atom. The Bertz CT molecular complexity index is 507. The van der Waals surface area contributed by atoms with Gasteiger partial charge in [0.1, 0.15) is 12.2 Å². The molecule has 0 rings (SSSR count). The van der Waals surface area contributed by atoms with Crippen molar-refractivity contribution in [2.75, 3.05) is 0 Å². The van der Waals surface area contributed by atoms with Crippen molar-refractivity contribution in [3.63, 3.8) is 0 Å². The number of carbonyl (C=O) groups is 3. The third kappa shape index (κ3) is 9.79. The first-order chi connectivity index (χ1) is 12.9. The van der Waals surface area contributed by atoms with E-state index in [9.17, 15) is 39.9 Å². The number of esters is 1. The number of hydrogen-bond acceptors (Lipinski definition) is 8. The lowest BCUT2D eigenvalue weighted by atomic mass is 9.80. The number of hydrogen-bond donors (Lipinski definition) is 6. The van der Waals surface area contributed by atoms with Crippen molar-refractivity contribution < 1.29 is 49.8 Å². The summed E-state index contributed by atoms with van der Waals surface area (Å²) < 4.78 is 4.17. The summed E-state index contributed by atoms with van der Waals surface area (Å²) >= 11 is 0. The lowest BCUT2D eigenvalue weighted by molar-refractivity contribution is -0.197. The van der Waals surface area contributed by atoms with Crippen LogP contribution in [-0.4, -0.2) is 72.5 Å². The predicted molar refractivity (Wildman–Crippen MR) is 98.1 cm³/mol. The predicted octanol–water partition coefficient (Wildman–Crippen LogP) is 0.269. The maximum Gasteiger partial charge on any atom is 0.338 e. The zero-order valence-electron chi connectivity index (χ0n) is 16.4. The molecule has 0 aromatic carbocycles. The van der Waals surface area contributed by atoms with Gasteiger partial charge in [-0.15, -0.1) is 0 Å². The zero-order chi connectivity index (χ0) is 22.5. The van der Waals surface area contributed by atoms with Gasteiger partial charge < -0.3 is 35.4 Å². The fourth-order valence-electron chi connectivity index (χ4n) is 2.44. The summed E-state index contributed by atoms with van der Waals surface area (Å²) in [5.41, 5.74) is -2.73. The van der Waals surface area contributed by atoms with E-state index in [-0.39, 0.29) is 18.3 Å². The van der Waals surface area contributed by atoms with Crippen LogP contribution in [0.15, 0.2) is 12.8 Å². The van der Waals surface area contributed by atoms with E-state index in [2.05, 4.69) is 11.3 Å². The highest BCUT2D eigenvalue weighted by Crippen LogP contribution is 2.29. The van der Waals surface area contributed by atoms with Crippen LogP contribution in [0.5, 0.6) is 0 Å². The number of ether oxygens (including phenoxy) is 1. The first-order valence-electron chi connectivity index (χ1n) is 8.89. The summed E-state index contributed by atoms with van der Waals surface area (Å²) in [5, 5.41) is 56.8. The zero-order valence-corrected chi connectivity index (χ0v) is 16.4. The summed E-state index contributed by atoms with van der Waals surface area (Å²) in [6.07, 6.45) is -3.40. The minimum absolute atomic E-state index is 0.218. The van der Waals surface area contributed by atoms with Crippen LogP contribution in [-0.2, 0) is 19.1 Å². The monoisotopic (exact) mass is 408 g/mol. The van der Waals surface area contributed by atoms with E-state index >= 15 is 0 Å². The van der Waals surface area contributed by atoms with Crippen LogP contribution in [0.3, 0.4) is 0 Å². The molecule has 10 heteroatoms. The van der Waals surface area contributed by atoms with Crippen LogP contribution in [0, 0.1) is 5.92 Å². The van der Waals surface area contributed by atoms with E-state index in [0.717, 1.165) is 19.1 Å². The van der Waals surface area contributed by atoms with Crippen LogP contribution < -0.4 is 0 Å². The van der Waals surface area contributed by atoms with Gasteiger partial charge >= 0.3 is 17.9 Å². The molecule has 6 N–H and O–H groups in total. The number of aliphatic hydroxyl groups excluding tert-OH is 3. The number of carbonyl (C=O) groups excluding carboxylic acids is 1. The van der Waals surface area contributed by atoms with Gasteiger partial charge in [0, 0.05) is 6.92 Å². The second-order valence-electron chi connectivity index (χ2n) is 6.34. The Kier molecular flexibility index (Phi) is 14.2. The average Bonchev–Trinajstić information content (AvgIpc) is 2.62. The van der Waals surface area contributed by atoms with Gasteiger partial charge in [0.05, 0.1) is 6.26 Å². The van der Waals surface area contributed by atoms with E-state index in [1.165, 1.54) is 6.92 Å². The Labute approximate surface area is 164 Å². The van der Waals surface area contributed by atoms with Crippen molar-refractivity contribution >= 4 is 17.9 Å². The molecule has 5 unspecified atom stereocenters. The first-order valence-corrected chi connectivity index (χ1v) is 8.89. The van der Waals surface area contributed by atoms with Gasteiger partial charge in [-0.3, -0.25) is 4.79 Å². The Balaban J connectivity index is 0. The van der Waals surface area contributed by atoms with Gasteiger partial charge in [0.25, 0.3) is 0 Å². The van der Waals surface area contributed by atoms with Crippen molar-refractivity contribution in [2.45, 2.75) is 76.8 Å². The lowest BCUT2D eigenvalue weighted by Gasteiger charge is -2.35. The SMILES string of the molecule is C=COC(C)=O.CCCCC(CC)CC(O)(C(=O)O)C(O)C(O)C(O)C(=O)O. The highest BCUT2D eigenvalue weighted by molar-refractivity contribution is 5.79. The van der Waals surface area contributed by atoms with Crippen molar-refractivity contribution in [3.05, 3.63) is 12.8 Å². The highest BCUT2D eigenvalue weighted by Gasteiger charge is 2.50. The summed E-state index contributed by atoms with van der Waals surface area (Å²) in [6.45, 7) is 8.24. The summed E-state index contributed by atoms with van der Waals surface area (Å²) in [5.74, 6) is -4.14. The quantitative estimate of drug-likeness (QED) is 0.194. The van der Waals surface area contributed by atoms with Gasteiger partial charge in [0.2, 0.25) is 0 Å². The molecule has 10 nitrogen and oxygen atoms in total. The summed E-state index contributed by atoms with van der Waals surface area (Å²) in [7, 11) is 0. The molecule has 0 aromatic heterocycles. The van der Waals surface area contributed by atoms with E-state index in [1.807, 2.05) is 6.92 Å². The normalized spacial score (nSPS) is 17.0. The van der Waals surface area contributed by atoms with E-state index in [1.54, 1.807) is 6.92 Å². The maximum atomic E-state index is 11.3. The van der Waals surface area contributed by atoms with Gasteiger partial charge in [-0.25, -0.2) is 9.59 Å². The molecule has 0 aliphatic carbocycles. The Morgan fingerprint density at radius 3 is 1.96 bits per heavy atom. The third-order valence-corrected chi connectivity index (χ3v) is 4.15. The standard InChI is InChI=1S/C14H26O8.C4H6O2/c1-3-5-6-8(4-2)7-14(22,13(20)21)11(17)9(15)10(16)12(18)19;1-3-6-4(2)5/h8-11,15-17,22H,3-7H2,1-2H3,(H,18,19)(H,20,21);3H,1H2,2H3. The van der Waals surface area contributed by atoms with Gasteiger partial charge in [-0.05, 0) is 12.3 Å². The summed E-state index contributed by atoms with van der Waals surface area (Å²) in [6, 6.07) is 0. The average molecular weight is 408 g/mol. The molecule has 0 fully saturated rings. The second-order valence-corrected chi connectivity index (χ2v) is 6.34. The van der Waals surface area contributed by atoms with Crippen LogP contribution in [0.4, 0.5) is 0 Å².